The van der Waals surface area contributed by atoms with Crippen molar-refractivity contribution in [2.24, 2.45) is 10.7 Å². The SMILES string of the molecule is CN=C(/C(=C\N)NC(=O)c1nc(-c2c(F)cccc2F)sc1N)N1CCC(N(C)C)CC(F)(F)C1. The number of amides is 1. The number of anilines is 1. The summed E-state index contributed by atoms with van der Waals surface area (Å²) in [6, 6.07) is 3.00. The van der Waals surface area contributed by atoms with Crippen LogP contribution < -0.4 is 16.8 Å². The molecule has 35 heavy (non-hydrogen) atoms. The number of amidine groups is 1. The van der Waals surface area contributed by atoms with Gasteiger partial charge in [-0.05, 0) is 32.6 Å². The van der Waals surface area contributed by atoms with Crippen LogP contribution in [-0.2, 0) is 0 Å². The van der Waals surface area contributed by atoms with Gasteiger partial charge in [0.25, 0.3) is 11.8 Å². The van der Waals surface area contributed by atoms with Crippen LogP contribution in [0.25, 0.3) is 10.6 Å². The summed E-state index contributed by atoms with van der Waals surface area (Å²) in [7, 11) is 4.89. The lowest BCUT2D eigenvalue weighted by Gasteiger charge is -2.28. The third kappa shape index (κ3) is 5.90. The molecule has 3 rings (SSSR count). The van der Waals surface area contributed by atoms with Crippen molar-refractivity contribution in [3.63, 3.8) is 0 Å². The summed E-state index contributed by atoms with van der Waals surface area (Å²) in [6.45, 7) is -0.347. The van der Waals surface area contributed by atoms with Gasteiger partial charge >= 0.3 is 0 Å². The van der Waals surface area contributed by atoms with Gasteiger partial charge in [-0.3, -0.25) is 9.79 Å². The second kappa shape index (κ2) is 10.6. The summed E-state index contributed by atoms with van der Waals surface area (Å²) in [5.41, 5.74) is 10.9. The van der Waals surface area contributed by atoms with Gasteiger partial charge < -0.3 is 26.6 Å². The quantitative estimate of drug-likeness (QED) is 0.322. The third-order valence-electron chi connectivity index (χ3n) is 5.63. The Labute approximate surface area is 204 Å². The highest BCUT2D eigenvalue weighted by Crippen LogP contribution is 2.34. The van der Waals surface area contributed by atoms with Crippen LogP contribution in [0.2, 0.25) is 0 Å². The molecule has 0 spiro atoms. The summed E-state index contributed by atoms with van der Waals surface area (Å²) in [5.74, 6) is -5.47. The Kier molecular flexibility index (Phi) is 8.00. The van der Waals surface area contributed by atoms with E-state index in [2.05, 4.69) is 15.3 Å². The van der Waals surface area contributed by atoms with Crippen LogP contribution in [0.1, 0.15) is 23.3 Å². The Morgan fingerprint density at radius 1 is 1.34 bits per heavy atom. The summed E-state index contributed by atoms with van der Waals surface area (Å²) in [5, 5.41) is 2.29. The van der Waals surface area contributed by atoms with Gasteiger partial charge in [-0.2, -0.15) is 0 Å². The van der Waals surface area contributed by atoms with Gasteiger partial charge in [0.1, 0.15) is 27.5 Å². The predicted octanol–water partition coefficient (Wildman–Crippen LogP) is 2.89. The van der Waals surface area contributed by atoms with Gasteiger partial charge in [0.05, 0.1) is 17.8 Å². The van der Waals surface area contributed by atoms with Crippen LogP contribution in [-0.4, -0.2) is 72.7 Å². The van der Waals surface area contributed by atoms with Crippen LogP contribution >= 0.6 is 11.3 Å². The normalized spacial score (nSPS) is 19.1. The minimum absolute atomic E-state index is 0.0253. The number of alkyl halides is 2. The smallest absolute Gasteiger partial charge is 0.277 e. The molecule has 1 fully saturated rings. The zero-order valence-electron chi connectivity index (χ0n) is 19.5. The van der Waals surface area contributed by atoms with E-state index in [1.807, 2.05) is 0 Å². The predicted molar refractivity (Wildman–Crippen MR) is 128 cm³/mol. The summed E-state index contributed by atoms with van der Waals surface area (Å²) >= 11 is 0.737. The number of thiazole rings is 1. The van der Waals surface area contributed by atoms with Crippen molar-refractivity contribution in [3.8, 4) is 10.6 Å². The molecule has 0 bridgehead atoms. The van der Waals surface area contributed by atoms with E-state index >= 15 is 0 Å². The van der Waals surface area contributed by atoms with Crippen molar-refractivity contribution >= 4 is 28.1 Å². The summed E-state index contributed by atoms with van der Waals surface area (Å²) in [6.07, 6.45) is 1.17. The van der Waals surface area contributed by atoms with Crippen molar-refractivity contribution in [2.45, 2.75) is 24.8 Å². The zero-order chi connectivity index (χ0) is 25.9. The van der Waals surface area contributed by atoms with E-state index in [1.165, 1.54) is 18.0 Å². The maximum atomic E-state index is 14.7. The number of halogens is 4. The van der Waals surface area contributed by atoms with Crippen molar-refractivity contribution in [1.29, 1.82) is 0 Å². The Morgan fingerprint density at radius 2 is 2.00 bits per heavy atom. The first-order valence-electron chi connectivity index (χ1n) is 10.7. The molecule has 5 N–H and O–H groups in total. The van der Waals surface area contributed by atoms with Gasteiger partial charge in [-0.1, -0.05) is 17.4 Å². The van der Waals surface area contributed by atoms with Crippen molar-refractivity contribution < 1.29 is 22.4 Å². The number of hydrogen-bond donors (Lipinski definition) is 3. The standard InChI is InChI=1S/C22H27F4N7OS/c1-29-19(33-8-7-12(32(2)3)9-22(25,26)11-33)15(10-27)30-20(34)17-18(28)35-21(31-17)16-13(23)5-4-6-14(16)24/h4-6,10,12H,7-9,11,27-28H2,1-3H3,(H,30,34)/b15-10+,29-19?. The highest BCUT2D eigenvalue weighted by molar-refractivity contribution is 7.19. The number of hydrogen-bond acceptors (Lipinski definition) is 7. The number of aliphatic imine (C=N–C) groups is 1. The van der Waals surface area contributed by atoms with Crippen molar-refractivity contribution in [1.82, 2.24) is 20.1 Å². The van der Waals surface area contributed by atoms with E-state index in [0.717, 1.165) is 29.7 Å². The molecule has 0 aliphatic carbocycles. The lowest BCUT2D eigenvalue weighted by molar-refractivity contribution is -0.0301. The van der Waals surface area contributed by atoms with Crippen molar-refractivity contribution in [3.05, 3.63) is 47.4 Å². The van der Waals surface area contributed by atoms with E-state index in [4.69, 9.17) is 11.5 Å². The molecule has 1 atom stereocenters. The number of carbonyl (C=O) groups excluding carboxylic acids is 1. The maximum Gasteiger partial charge on any atom is 0.277 e. The molecule has 1 unspecified atom stereocenters. The minimum atomic E-state index is -3.00. The first kappa shape index (κ1) is 26.4. The molecule has 1 aromatic heterocycles. The lowest BCUT2D eigenvalue weighted by Crippen LogP contribution is -2.44. The van der Waals surface area contributed by atoms with Gasteiger partial charge in [0.15, 0.2) is 5.69 Å². The number of carbonyl (C=O) groups is 1. The number of nitrogens with one attached hydrogen (secondary N) is 1. The van der Waals surface area contributed by atoms with Crippen LogP contribution in [0.3, 0.4) is 0 Å². The van der Waals surface area contributed by atoms with E-state index < -0.39 is 35.6 Å². The highest BCUT2D eigenvalue weighted by atomic mass is 32.1. The van der Waals surface area contributed by atoms with Gasteiger partial charge in [0.2, 0.25) is 0 Å². The fraction of sp³-hybridized carbons (Fsp3) is 0.409. The average molecular weight is 514 g/mol. The maximum absolute atomic E-state index is 14.7. The minimum Gasteiger partial charge on any atom is -0.403 e. The van der Waals surface area contributed by atoms with Crippen LogP contribution in [0.15, 0.2) is 35.1 Å². The first-order valence-corrected chi connectivity index (χ1v) is 11.5. The summed E-state index contributed by atoms with van der Waals surface area (Å²) < 4.78 is 57.6. The molecule has 190 valence electrons. The molecule has 1 saturated heterocycles. The second-order valence-corrected chi connectivity index (χ2v) is 9.33. The number of aromatic nitrogens is 1. The zero-order valence-corrected chi connectivity index (χ0v) is 20.3. The topological polar surface area (TPSA) is 113 Å². The second-order valence-electron chi connectivity index (χ2n) is 8.30. The molecular formula is C22H27F4N7OS. The first-order chi connectivity index (χ1) is 16.5. The summed E-state index contributed by atoms with van der Waals surface area (Å²) in [4.78, 5) is 24.1. The molecule has 1 amide bonds. The largest absolute Gasteiger partial charge is 0.403 e. The molecule has 1 aliphatic heterocycles. The molecule has 8 nitrogen and oxygen atoms in total. The highest BCUT2D eigenvalue weighted by Gasteiger charge is 2.40. The number of nitrogens with zero attached hydrogens (tertiary/aromatic N) is 4. The molecular weight excluding hydrogens is 486 g/mol. The molecule has 2 aromatic rings. The number of likely N-dealkylation sites (tertiary alicyclic amines) is 1. The van der Waals surface area contributed by atoms with Crippen LogP contribution in [0.5, 0.6) is 0 Å². The lowest BCUT2D eigenvalue weighted by atomic mass is 10.1. The van der Waals surface area contributed by atoms with Gasteiger partial charge in [-0.25, -0.2) is 22.5 Å². The number of nitrogens with two attached hydrogens (primary N) is 2. The van der Waals surface area contributed by atoms with E-state index in [0.29, 0.717) is 6.42 Å². The molecule has 0 saturated carbocycles. The van der Waals surface area contributed by atoms with Gasteiger partial charge in [0, 0.05) is 32.3 Å². The number of benzene rings is 1. The van der Waals surface area contributed by atoms with E-state index in [-0.39, 0.29) is 46.2 Å². The van der Waals surface area contributed by atoms with E-state index in [1.54, 1.807) is 19.0 Å². The average Bonchev–Trinajstić information content (AvgIpc) is 3.07. The fourth-order valence-electron chi connectivity index (χ4n) is 3.89. The molecule has 0 radical (unpaired) electrons. The molecule has 13 heteroatoms. The fourth-order valence-corrected chi connectivity index (χ4v) is 4.76. The molecule has 1 aliphatic rings. The van der Waals surface area contributed by atoms with Crippen LogP contribution in [0, 0.1) is 11.6 Å². The number of rotatable bonds is 5. The monoisotopic (exact) mass is 513 g/mol. The Hall–Kier alpha value is -3.19. The van der Waals surface area contributed by atoms with Gasteiger partial charge in [-0.15, -0.1) is 0 Å². The molecule has 2 heterocycles. The Bertz CT molecular complexity index is 1130. The van der Waals surface area contributed by atoms with Crippen molar-refractivity contribution in [2.75, 3.05) is 40.0 Å². The number of nitrogen functional groups attached to an aromatic ring is 1. The van der Waals surface area contributed by atoms with E-state index in [9.17, 15) is 22.4 Å². The molecule has 1 aromatic carbocycles. The Morgan fingerprint density at radius 3 is 2.57 bits per heavy atom. The van der Waals surface area contributed by atoms with Crippen LogP contribution in [0.4, 0.5) is 22.6 Å². The third-order valence-corrected chi connectivity index (χ3v) is 6.53. The Balaban J connectivity index is 1.84.